The van der Waals surface area contributed by atoms with Gasteiger partial charge < -0.3 is 19.3 Å². The highest BCUT2D eigenvalue weighted by atomic mass is 35.5. The third-order valence-corrected chi connectivity index (χ3v) is 5.84. The first kappa shape index (κ1) is 29.2. The van der Waals surface area contributed by atoms with Crippen LogP contribution in [0.5, 0.6) is 5.75 Å². The molecule has 0 saturated carbocycles. The number of azo groups is 1. The number of para-hydroxylation sites is 1. The van der Waals surface area contributed by atoms with Crippen molar-refractivity contribution >= 4 is 29.3 Å². The zero-order valence-electron chi connectivity index (χ0n) is 21.6. The molecule has 1 atom stereocenters. The molecule has 2 amide bonds. The monoisotopic (exact) mass is 554 g/mol. The van der Waals surface area contributed by atoms with Crippen LogP contribution in [0.4, 0.5) is 23.7 Å². The lowest BCUT2D eigenvalue weighted by Gasteiger charge is -2.33. The minimum absolute atomic E-state index is 0.162. The van der Waals surface area contributed by atoms with Crippen molar-refractivity contribution in [1.29, 1.82) is 0 Å². The van der Waals surface area contributed by atoms with E-state index in [1.807, 2.05) is 0 Å². The fraction of sp³-hybridized carbons (Fsp3) is 0.462. The van der Waals surface area contributed by atoms with E-state index in [1.165, 1.54) is 42.3 Å². The highest BCUT2D eigenvalue weighted by molar-refractivity contribution is 6.33. The molecule has 1 aliphatic rings. The van der Waals surface area contributed by atoms with Gasteiger partial charge in [0.2, 0.25) is 5.91 Å². The lowest BCUT2D eigenvalue weighted by molar-refractivity contribution is -0.274. The molecule has 2 aromatic rings. The number of carbonyl (C=O) groups excluding carboxylic acids is 2. The number of carbonyl (C=O) groups is 2. The van der Waals surface area contributed by atoms with Gasteiger partial charge in [0, 0.05) is 24.7 Å². The maximum absolute atomic E-state index is 12.9. The van der Waals surface area contributed by atoms with Crippen LogP contribution in [0.1, 0.15) is 40.0 Å². The van der Waals surface area contributed by atoms with E-state index in [2.05, 4.69) is 15.0 Å². The maximum atomic E-state index is 12.9. The van der Waals surface area contributed by atoms with Crippen molar-refractivity contribution in [2.24, 2.45) is 10.2 Å². The molecular weight excluding hydrogens is 525 g/mol. The first-order chi connectivity index (χ1) is 17.7. The maximum Gasteiger partial charge on any atom is 0.573 e. The van der Waals surface area contributed by atoms with Gasteiger partial charge in [-0.05, 0) is 58.2 Å². The molecule has 1 aliphatic heterocycles. The highest BCUT2D eigenvalue weighted by Gasteiger charge is 2.32. The molecule has 0 aliphatic carbocycles. The molecule has 3 rings (SSSR count). The summed E-state index contributed by atoms with van der Waals surface area (Å²) in [5, 5.41) is 8.74. The Bertz CT molecular complexity index is 1180. The van der Waals surface area contributed by atoms with Gasteiger partial charge in [-0.15, -0.1) is 13.2 Å². The number of hydrogen-bond donors (Lipinski definition) is 0. The van der Waals surface area contributed by atoms with Gasteiger partial charge in [0.25, 0.3) is 0 Å². The van der Waals surface area contributed by atoms with Gasteiger partial charge >= 0.3 is 12.5 Å². The number of alkyl halides is 3. The summed E-state index contributed by atoms with van der Waals surface area (Å²) in [6, 6.07) is 10.3. The predicted octanol–water partition coefficient (Wildman–Crippen LogP) is 7.19. The summed E-state index contributed by atoms with van der Waals surface area (Å²) in [5.41, 5.74) is 0.207. The summed E-state index contributed by atoms with van der Waals surface area (Å²) in [6.45, 7) is 5.54. The van der Waals surface area contributed by atoms with E-state index >= 15 is 0 Å². The number of likely N-dealkylation sites (N-methyl/N-ethyl adjacent to an activating group) is 1. The van der Waals surface area contributed by atoms with E-state index in [0.717, 1.165) is 12.8 Å². The molecule has 1 fully saturated rings. The van der Waals surface area contributed by atoms with Crippen LogP contribution in [0.15, 0.2) is 52.7 Å². The molecule has 1 heterocycles. The molecule has 206 valence electrons. The van der Waals surface area contributed by atoms with Crippen molar-refractivity contribution in [2.75, 3.05) is 20.1 Å². The second-order valence-electron chi connectivity index (χ2n) is 9.82. The Balaban J connectivity index is 1.73. The molecule has 0 radical (unpaired) electrons. The van der Waals surface area contributed by atoms with E-state index in [-0.39, 0.29) is 28.8 Å². The minimum Gasteiger partial charge on any atom is -0.444 e. The number of benzene rings is 2. The Labute approximate surface area is 224 Å². The van der Waals surface area contributed by atoms with Crippen LogP contribution in [0.2, 0.25) is 5.02 Å². The molecular formula is C26H30ClF3N4O4. The van der Waals surface area contributed by atoms with Crippen LogP contribution in [-0.2, 0) is 9.53 Å². The molecule has 1 saturated heterocycles. The second kappa shape index (κ2) is 12.0. The summed E-state index contributed by atoms with van der Waals surface area (Å²) in [4.78, 5) is 28.0. The summed E-state index contributed by atoms with van der Waals surface area (Å²) in [7, 11) is 1.49. The van der Waals surface area contributed by atoms with Crippen molar-refractivity contribution in [3.8, 4) is 16.9 Å². The fourth-order valence-corrected chi connectivity index (χ4v) is 4.12. The first-order valence-electron chi connectivity index (χ1n) is 12.0. The number of piperidine rings is 1. The Morgan fingerprint density at radius 2 is 1.82 bits per heavy atom. The van der Waals surface area contributed by atoms with Crippen LogP contribution >= 0.6 is 11.6 Å². The first-order valence-corrected chi connectivity index (χ1v) is 12.4. The summed E-state index contributed by atoms with van der Waals surface area (Å²) in [5.74, 6) is -0.652. The summed E-state index contributed by atoms with van der Waals surface area (Å²) >= 11 is 6.39. The van der Waals surface area contributed by atoms with Gasteiger partial charge in [-0.25, -0.2) is 4.79 Å². The number of halogens is 4. The molecule has 0 spiro atoms. The average molecular weight is 555 g/mol. The van der Waals surface area contributed by atoms with Crippen LogP contribution in [0.3, 0.4) is 0 Å². The molecule has 0 N–H and O–H groups in total. The highest BCUT2D eigenvalue weighted by Crippen LogP contribution is 2.38. The molecule has 2 aromatic carbocycles. The van der Waals surface area contributed by atoms with Gasteiger partial charge in [0.15, 0.2) is 0 Å². The second-order valence-corrected chi connectivity index (χ2v) is 10.2. The smallest absolute Gasteiger partial charge is 0.444 e. The number of rotatable bonds is 6. The topological polar surface area (TPSA) is 83.8 Å². The number of hydrogen-bond acceptors (Lipinski definition) is 6. The quantitative estimate of drug-likeness (QED) is 0.354. The Hall–Kier alpha value is -3.34. The van der Waals surface area contributed by atoms with E-state index in [9.17, 15) is 22.8 Å². The van der Waals surface area contributed by atoms with Crippen LogP contribution in [0.25, 0.3) is 11.1 Å². The molecule has 0 aromatic heterocycles. The van der Waals surface area contributed by atoms with Gasteiger partial charge in [-0.2, -0.15) is 10.2 Å². The summed E-state index contributed by atoms with van der Waals surface area (Å²) in [6.07, 6.45) is -3.72. The van der Waals surface area contributed by atoms with Gasteiger partial charge in [0.1, 0.15) is 24.1 Å². The lowest BCUT2D eigenvalue weighted by atomic mass is 10.0. The zero-order valence-corrected chi connectivity index (χ0v) is 22.3. The molecule has 8 nitrogen and oxygen atoms in total. The van der Waals surface area contributed by atoms with E-state index < -0.39 is 24.2 Å². The van der Waals surface area contributed by atoms with Gasteiger partial charge in [-0.3, -0.25) is 4.79 Å². The zero-order chi connectivity index (χ0) is 28.1. The van der Waals surface area contributed by atoms with Crippen LogP contribution in [-0.4, -0.2) is 60.1 Å². The third kappa shape index (κ3) is 8.34. The van der Waals surface area contributed by atoms with Crippen molar-refractivity contribution in [3.05, 3.63) is 47.5 Å². The molecule has 1 unspecified atom stereocenters. The largest absolute Gasteiger partial charge is 0.573 e. The Morgan fingerprint density at radius 3 is 2.47 bits per heavy atom. The van der Waals surface area contributed by atoms with E-state index in [0.29, 0.717) is 24.2 Å². The number of ether oxygens (including phenoxy) is 2. The van der Waals surface area contributed by atoms with Gasteiger partial charge in [0.05, 0.1) is 10.7 Å². The molecule has 38 heavy (non-hydrogen) atoms. The van der Waals surface area contributed by atoms with Crippen LogP contribution in [0, 0.1) is 0 Å². The van der Waals surface area contributed by atoms with Crippen molar-refractivity contribution in [3.63, 3.8) is 0 Å². The minimum atomic E-state index is -4.85. The molecule has 0 bridgehead atoms. The van der Waals surface area contributed by atoms with Crippen molar-refractivity contribution < 1.29 is 32.2 Å². The lowest BCUT2D eigenvalue weighted by Crippen LogP contribution is -2.48. The number of amides is 2. The SMILES string of the molecule is CN(CC(=O)N1CCCCC1N=Nc1ccc(-c2ccccc2OC(F)(F)F)c(Cl)c1)C(=O)OC(C)(C)C. The Kier molecular flexibility index (Phi) is 9.24. The van der Waals surface area contributed by atoms with E-state index in [1.54, 1.807) is 37.8 Å². The normalized spacial score (nSPS) is 16.4. The summed E-state index contributed by atoms with van der Waals surface area (Å²) < 4.78 is 47.8. The fourth-order valence-electron chi connectivity index (χ4n) is 3.84. The molecule has 12 heteroatoms. The van der Waals surface area contributed by atoms with Gasteiger partial charge in [-0.1, -0.05) is 35.9 Å². The third-order valence-electron chi connectivity index (χ3n) is 5.53. The average Bonchev–Trinajstić information content (AvgIpc) is 2.81. The van der Waals surface area contributed by atoms with E-state index in [4.69, 9.17) is 16.3 Å². The van der Waals surface area contributed by atoms with Crippen molar-refractivity contribution in [2.45, 2.75) is 58.2 Å². The standard InChI is InChI=1S/C26H30ClF3N4O4/c1-25(2,3)38-24(36)33(4)16-23(35)34-14-8-7-11-22(34)32-31-17-12-13-18(20(27)15-17)19-9-5-6-10-21(19)37-26(28,29)30/h5-6,9-10,12-13,15,22H,7-8,11,14,16H2,1-4H3. The van der Waals surface area contributed by atoms with Crippen molar-refractivity contribution in [1.82, 2.24) is 9.80 Å². The number of likely N-dealkylation sites (tertiary alicyclic amines) is 1. The predicted molar refractivity (Wildman–Crippen MR) is 136 cm³/mol. The van der Waals surface area contributed by atoms with Crippen LogP contribution < -0.4 is 4.74 Å². The Morgan fingerprint density at radius 1 is 1.11 bits per heavy atom. The number of nitrogens with zero attached hydrogens (tertiary/aromatic N) is 4.